The molecule has 0 aliphatic heterocycles. The quantitative estimate of drug-likeness (QED) is 0.709. The number of carbonyl (C=O) groups is 1. The number of tetrazole rings is 1. The van der Waals surface area contributed by atoms with Gasteiger partial charge in [-0.25, -0.2) is 4.79 Å². The Kier molecular flexibility index (Phi) is 4.16. The number of aromatic amines is 1. The summed E-state index contributed by atoms with van der Waals surface area (Å²) in [4.78, 5) is 15.3. The van der Waals surface area contributed by atoms with E-state index < -0.39 is 5.41 Å². The van der Waals surface area contributed by atoms with Crippen molar-refractivity contribution >= 4 is 28.6 Å². The number of ether oxygens (including phenoxy) is 1. The lowest BCUT2D eigenvalue weighted by atomic mass is 9.71. The van der Waals surface area contributed by atoms with Crippen LogP contribution in [0.2, 0.25) is 0 Å². The molecule has 1 aliphatic rings. The Bertz CT molecular complexity index is 900. The van der Waals surface area contributed by atoms with Crippen LogP contribution in [0.4, 0.5) is 0 Å². The second kappa shape index (κ2) is 6.34. The number of methoxy groups -OCH3 is 1. The molecule has 3 aromatic rings. The first-order chi connectivity index (χ1) is 12.2. The zero-order valence-corrected chi connectivity index (χ0v) is 15.7. The second-order valence-corrected chi connectivity index (χ2v) is 8.22. The standard InChI is InChI=1S/C17H18N4O2S2/c1-3-7-17(16-18-20-21-19-16)10-6-8-24-12(10)4-5-13-11(17)9-14(25-13)15(22)23-2/h6,8-9H,3-5,7H2,1-2H3,(H,18,19,20,21). The van der Waals surface area contributed by atoms with Gasteiger partial charge in [-0.2, -0.15) is 5.21 Å². The largest absolute Gasteiger partial charge is 0.465 e. The van der Waals surface area contributed by atoms with Crippen LogP contribution in [0.3, 0.4) is 0 Å². The van der Waals surface area contributed by atoms with Gasteiger partial charge in [0.05, 0.1) is 12.5 Å². The van der Waals surface area contributed by atoms with Crippen molar-refractivity contribution in [1.82, 2.24) is 20.6 Å². The zero-order valence-electron chi connectivity index (χ0n) is 14.0. The molecule has 130 valence electrons. The molecule has 1 unspecified atom stereocenters. The summed E-state index contributed by atoms with van der Waals surface area (Å²) in [7, 11) is 1.42. The molecule has 0 bridgehead atoms. The Morgan fingerprint density at radius 3 is 2.92 bits per heavy atom. The molecule has 8 heteroatoms. The van der Waals surface area contributed by atoms with Crippen molar-refractivity contribution in [2.24, 2.45) is 0 Å². The van der Waals surface area contributed by atoms with Gasteiger partial charge in [0.1, 0.15) is 4.88 Å². The fourth-order valence-electron chi connectivity index (χ4n) is 3.80. The number of fused-ring (bicyclic) bond motifs is 2. The summed E-state index contributed by atoms with van der Waals surface area (Å²) in [5.41, 5.74) is 1.90. The molecule has 1 atom stereocenters. The van der Waals surface area contributed by atoms with E-state index in [1.807, 2.05) is 6.07 Å². The molecular formula is C17H18N4O2S2. The van der Waals surface area contributed by atoms with Gasteiger partial charge in [0.15, 0.2) is 5.82 Å². The number of nitrogens with one attached hydrogen (secondary N) is 1. The van der Waals surface area contributed by atoms with Gasteiger partial charge in [0.2, 0.25) is 0 Å². The van der Waals surface area contributed by atoms with E-state index in [1.54, 1.807) is 11.3 Å². The highest BCUT2D eigenvalue weighted by atomic mass is 32.1. The molecule has 6 nitrogen and oxygen atoms in total. The minimum atomic E-state index is -0.467. The molecule has 0 amide bonds. The Morgan fingerprint density at radius 2 is 2.20 bits per heavy atom. The van der Waals surface area contributed by atoms with Crippen molar-refractivity contribution in [2.75, 3.05) is 7.11 Å². The number of hydrogen-bond donors (Lipinski definition) is 1. The zero-order chi connectivity index (χ0) is 17.4. The monoisotopic (exact) mass is 374 g/mol. The average molecular weight is 374 g/mol. The summed E-state index contributed by atoms with van der Waals surface area (Å²) in [6.45, 7) is 2.16. The lowest BCUT2D eigenvalue weighted by Gasteiger charge is -2.30. The minimum Gasteiger partial charge on any atom is -0.465 e. The van der Waals surface area contributed by atoms with Gasteiger partial charge in [0, 0.05) is 9.75 Å². The lowest BCUT2D eigenvalue weighted by molar-refractivity contribution is 0.0606. The van der Waals surface area contributed by atoms with Crippen LogP contribution in [0.5, 0.6) is 0 Å². The predicted molar refractivity (Wildman–Crippen MR) is 96.4 cm³/mol. The van der Waals surface area contributed by atoms with Crippen LogP contribution in [-0.2, 0) is 23.0 Å². The maximum Gasteiger partial charge on any atom is 0.348 e. The van der Waals surface area contributed by atoms with Crippen LogP contribution in [0.25, 0.3) is 0 Å². The number of rotatable bonds is 4. The number of carbonyl (C=O) groups excluding carboxylic acids is 1. The number of thiophene rings is 2. The average Bonchev–Trinajstić information content (AvgIpc) is 3.37. The topological polar surface area (TPSA) is 80.8 Å². The molecule has 1 aliphatic carbocycles. The van der Waals surface area contributed by atoms with Crippen molar-refractivity contribution in [3.63, 3.8) is 0 Å². The van der Waals surface area contributed by atoms with Crippen molar-refractivity contribution in [1.29, 1.82) is 0 Å². The number of hydrogen-bond acceptors (Lipinski definition) is 7. The van der Waals surface area contributed by atoms with Crippen LogP contribution in [0.15, 0.2) is 17.5 Å². The number of aromatic nitrogens is 4. The minimum absolute atomic E-state index is 0.290. The van der Waals surface area contributed by atoms with Gasteiger partial charge < -0.3 is 4.74 Å². The van der Waals surface area contributed by atoms with E-state index in [2.05, 4.69) is 39.0 Å². The van der Waals surface area contributed by atoms with Gasteiger partial charge in [-0.15, -0.1) is 32.9 Å². The fraction of sp³-hybridized carbons (Fsp3) is 0.412. The Morgan fingerprint density at radius 1 is 1.36 bits per heavy atom. The molecule has 3 aromatic heterocycles. The van der Waals surface area contributed by atoms with E-state index in [1.165, 1.54) is 33.8 Å². The van der Waals surface area contributed by atoms with Gasteiger partial charge in [0.25, 0.3) is 0 Å². The molecule has 0 spiro atoms. The van der Waals surface area contributed by atoms with Crippen LogP contribution in [-0.4, -0.2) is 33.7 Å². The normalized spacial score (nSPS) is 19.1. The van der Waals surface area contributed by atoms with Crippen molar-refractivity contribution in [3.8, 4) is 0 Å². The second-order valence-electron chi connectivity index (χ2n) is 6.09. The molecule has 0 fully saturated rings. The first-order valence-electron chi connectivity index (χ1n) is 8.23. The fourth-order valence-corrected chi connectivity index (χ4v) is 5.92. The van der Waals surface area contributed by atoms with E-state index in [9.17, 15) is 4.79 Å². The van der Waals surface area contributed by atoms with Gasteiger partial charge in [-0.3, -0.25) is 0 Å². The summed E-state index contributed by atoms with van der Waals surface area (Å²) in [5.74, 6) is 0.383. The van der Waals surface area contributed by atoms with Crippen molar-refractivity contribution < 1.29 is 9.53 Å². The number of nitrogens with zero attached hydrogens (tertiary/aromatic N) is 3. The Balaban J connectivity index is 2.02. The van der Waals surface area contributed by atoms with Crippen molar-refractivity contribution in [2.45, 2.75) is 38.0 Å². The molecule has 4 rings (SSSR count). The third-order valence-corrected chi connectivity index (χ3v) is 6.95. The van der Waals surface area contributed by atoms with Crippen LogP contribution < -0.4 is 0 Å². The first-order valence-corrected chi connectivity index (χ1v) is 9.92. The van der Waals surface area contributed by atoms with E-state index in [0.717, 1.165) is 31.2 Å². The summed E-state index contributed by atoms with van der Waals surface area (Å²) in [6, 6.07) is 4.15. The van der Waals surface area contributed by atoms with Crippen molar-refractivity contribution in [3.05, 3.63) is 49.1 Å². The van der Waals surface area contributed by atoms with E-state index in [0.29, 0.717) is 10.7 Å². The highest BCUT2D eigenvalue weighted by Gasteiger charge is 2.45. The first kappa shape index (κ1) is 16.4. The number of esters is 1. The van der Waals surface area contributed by atoms with E-state index in [4.69, 9.17) is 4.74 Å². The summed E-state index contributed by atoms with van der Waals surface area (Å²) in [6.07, 6.45) is 3.70. The summed E-state index contributed by atoms with van der Waals surface area (Å²) in [5, 5.41) is 17.3. The van der Waals surface area contributed by atoms with Crippen LogP contribution in [0.1, 0.15) is 56.1 Å². The summed E-state index contributed by atoms with van der Waals surface area (Å²) < 4.78 is 4.94. The molecule has 3 heterocycles. The van der Waals surface area contributed by atoms with Gasteiger partial charge in [-0.1, -0.05) is 18.6 Å². The van der Waals surface area contributed by atoms with Gasteiger partial charge >= 0.3 is 5.97 Å². The Labute approximate surface area is 153 Å². The molecule has 0 saturated carbocycles. The van der Waals surface area contributed by atoms with E-state index in [-0.39, 0.29) is 5.97 Å². The Hall–Kier alpha value is -2.06. The lowest BCUT2D eigenvalue weighted by Crippen LogP contribution is -2.31. The van der Waals surface area contributed by atoms with Crippen LogP contribution in [0, 0.1) is 0 Å². The third kappa shape index (κ3) is 2.43. The number of H-pyrrole nitrogens is 1. The highest BCUT2D eigenvalue weighted by Crippen LogP contribution is 2.49. The molecule has 0 aromatic carbocycles. The predicted octanol–water partition coefficient (Wildman–Crippen LogP) is 3.34. The molecule has 0 saturated heterocycles. The third-order valence-electron chi connectivity index (χ3n) is 4.79. The van der Waals surface area contributed by atoms with E-state index >= 15 is 0 Å². The highest BCUT2D eigenvalue weighted by molar-refractivity contribution is 7.14. The number of aryl methyl sites for hydroxylation is 2. The molecule has 1 N–H and O–H groups in total. The smallest absolute Gasteiger partial charge is 0.348 e. The maximum absolute atomic E-state index is 12.1. The van der Waals surface area contributed by atoms with Crippen LogP contribution >= 0.6 is 22.7 Å². The summed E-state index contributed by atoms with van der Waals surface area (Å²) >= 11 is 3.30. The molecular weight excluding hydrogens is 356 g/mol. The molecule has 0 radical (unpaired) electrons. The van der Waals surface area contributed by atoms with Gasteiger partial charge in [-0.05, 0) is 47.9 Å². The SMILES string of the molecule is CCCC1(c2nn[nH]n2)c2ccsc2CCc2sc(C(=O)OC)cc21. The molecule has 25 heavy (non-hydrogen) atoms. The maximum atomic E-state index is 12.1.